The van der Waals surface area contributed by atoms with E-state index in [4.69, 9.17) is 4.74 Å². The summed E-state index contributed by atoms with van der Waals surface area (Å²) < 4.78 is 7.12. The van der Waals surface area contributed by atoms with Crippen molar-refractivity contribution in [3.8, 4) is 11.4 Å². The Labute approximate surface area is 185 Å². The van der Waals surface area contributed by atoms with Gasteiger partial charge in [-0.15, -0.1) is 0 Å². The SMILES string of the molecule is COc1ccccc1NC(=O)CN1C(=O)N/C(=C/c2cccn2-c2cccc(C)c2)C1=O. The van der Waals surface area contributed by atoms with Crippen molar-refractivity contribution in [1.82, 2.24) is 14.8 Å². The largest absolute Gasteiger partial charge is 0.495 e. The summed E-state index contributed by atoms with van der Waals surface area (Å²) in [5.41, 5.74) is 3.32. The third-order valence-corrected chi connectivity index (χ3v) is 5.00. The van der Waals surface area contributed by atoms with Crippen molar-refractivity contribution in [1.29, 1.82) is 0 Å². The Kier molecular flexibility index (Phi) is 5.76. The number of ether oxygens (including phenoxy) is 1. The molecule has 2 N–H and O–H groups in total. The smallest absolute Gasteiger partial charge is 0.329 e. The molecule has 0 radical (unpaired) electrons. The lowest BCUT2D eigenvalue weighted by Crippen LogP contribution is -2.38. The predicted molar refractivity (Wildman–Crippen MR) is 120 cm³/mol. The molecule has 1 aromatic heterocycles. The van der Waals surface area contributed by atoms with E-state index in [1.807, 2.05) is 54.1 Å². The molecule has 3 aromatic rings. The fourth-order valence-corrected chi connectivity index (χ4v) is 3.47. The summed E-state index contributed by atoms with van der Waals surface area (Å²) >= 11 is 0. The summed E-state index contributed by atoms with van der Waals surface area (Å²) in [6.45, 7) is 1.58. The van der Waals surface area contributed by atoms with Crippen LogP contribution in [0.2, 0.25) is 0 Å². The number of benzene rings is 2. The lowest BCUT2D eigenvalue weighted by molar-refractivity contribution is -0.127. The molecule has 0 spiro atoms. The Balaban J connectivity index is 1.51. The number of imide groups is 1. The highest BCUT2D eigenvalue weighted by atomic mass is 16.5. The van der Waals surface area contributed by atoms with Gasteiger partial charge < -0.3 is 19.9 Å². The Morgan fingerprint density at radius 1 is 1.09 bits per heavy atom. The third-order valence-electron chi connectivity index (χ3n) is 5.00. The highest BCUT2D eigenvalue weighted by Crippen LogP contribution is 2.23. The van der Waals surface area contributed by atoms with Crippen molar-refractivity contribution in [3.63, 3.8) is 0 Å². The van der Waals surface area contributed by atoms with Crippen LogP contribution >= 0.6 is 0 Å². The predicted octanol–water partition coefficient (Wildman–Crippen LogP) is 3.33. The average Bonchev–Trinajstić information content (AvgIpc) is 3.34. The van der Waals surface area contributed by atoms with Gasteiger partial charge in [-0.25, -0.2) is 9.69 Å². The van der Waals surface area contributed by atoms with E-state index in [1.54, 1.807) is 30.3 Å². The fraction of sp³-hybridized carbons (Fsp3) is 0.125. The molecule has 0 bridgehead atoms. The summed E-state index contributed by atoms with van der Waals surface area (Å²) in [5, 5.41) is 5.22. The van der Waals surface area contributed by atoms with Gasteiger partial charge >= 0.3 is 6.03 Å². The van der Waals surface area contributed by atoms with Crippen LogP contribution in [0.5, 0.6) is 5.75 Å². The number of amides is 4. The molecule has 0 unspecified atom stereocenters. The van der Waals surface area contributed by atoms with Gasteiger partial charge in [-0.3, -0.25) is 9.59 Å². The van der Waals surface area contributed by atoms with Gasteiger partial charge in [-0.1, -0.05) is 24.3 Å². The number of hydrogen-bond acceptors (Lipinski definition) is 4. The van der Waals surface area contributed by atoms with Crippen LogP contribution in [0.25, 0.3) is 11.8 Å². The minimum absolute atomic E-state index is 0.104. The van der Waals surface area contributed by atoms with E-state index in [1.165, 1.54) is 7.11 Å². The number of rotatable bonds is 6. The van der Waals surface area contributed by atoms with E-state index in [2.05, 4.69) is 10.6 Å². The maximum atomic E-state index is 12.8. The number of carbonyl (C=O) groups excluding carboxylic acids is 3. The van der Waals surface area contributed by atoms with Gasteiger partial charge in [0, 0.05) is 17.6 Å². The lowest BCUT2D eigenvalue weighted by Gasteiger charge is -2.13. The Morgan fingerprint density at radius 3 is 2.69 bits per heavy atom. The molecule has 0 atom stereocenters. The molecule has 162 valence electrons. The van der Waals surface area contributed by atoms with Gasteiger partial charge in [0.2, 0.25) is 5.91 Å². The molecular formula is C24H22N4O4. The van der Waals surface area contributed by atoms with Gasteiger partial charge in [0.25, 0.3) is 5.91 Å². The highest BCUT2D eigenvalue weighted by molar-refractivity contribution is 6.16. The first-order valence-corrected chi connectivity index (χ1v) is 9.98. The summed E-state index contributed by atoms with van der Waals surface area (Å²) in [5.74, 6) is -0.597. The van der Waals surface area contributed by atoms with E-state index in [0.717, 1.165) is 21.8 Å². The van der Waals surface area contributed by atoms with Crippen LogP contribution in [0.1, 0.15) is 11.3 Å². The summed E-state index contributed by atoms with van der Waals surface area (Å²) in [7, 11) is 1.49. The molecular weight excluding hydrogens is 408 g/mol. The Bertz CT molecular complexity index is 1230. The first-order valence-electron chi connectivity index (χ1n) is 9.98. The van der Waals surface area contributed by atoms with Crippen LogP contribution in [0.3, 0.4) is 0 Å². The zero-order valence-corrected chi connectivity index (χ0v) is 17.7. The minimum Gasteiger partial charge on any atom is -0.495 e. The maximum Gasteiger partial charge on any atom is 0.329 e. The summed E-state index contributed by atoms with van der Waals surface area (Å²) in [4.78, 5) is 38.5. The van der Waals surface area contributed by atoms with E-state index < -0.39 is 24.4 Å². The van der Waals surface area contributed by atoms with Crippen LogP contribution in [0.15, 0.2) is 72.6 Å². The van der Waals surface area contributed by atoms with Gasteiger partial charge in [0.05, 0.1) is 12.8 Å². The molecule has 0 aliphatic carbocycles. The van der Waals surface area contributed by atoms with Crippen LogP contribution in [-0.2, 0) is 9.59 Å². The zero-order chi connectivity index (χ0) is 22.7. The Hall–Kier alpha value is -4.33. The highest BCUT2D eigenvalue weighted by Gasteiger charge is 2.35. The lowest BCUT2D eigenvalue weighted by atomic mass is 10.2. The van der Waals surface area contributed by atoms with Crippen molar-refractivity contribution < 1.29 is 19.1 Å². The molecule has 32 heavy (non-hydrogen) atoms. The van der Waals surface area contributed by atoms with Crippen molar-refractivity contribution in [2.24, 2.45) is 0 Å². The van der Waals surface area contributed by atoms with Crippen molar-refractivity contribution >= 4 is 29.6 Å². The van der Waals surface area contributed by atoms with Crippen LogP contribution in [0, 0.1) is 6.92 Å². The number of aryl methyl sites for hydroxylation is 1. The van der Waals surface area contributed by atoms with Gasteiger partial charge in [-0.2, -0.15) is 0 Å². The molecule has 4 amide bonds. The molecule has 8 nitrogen and oxygen atoms in total. The molecule has 2 heterocycles. The van der Waals surface area contributed by atoms with Crippen LogP contribution < -0.4 is 15.4 Å². The number of anilines is 1. The van der Waals surface area contributed by atoms with E-state index in [9.17, 15) is 14.4 Å². The quantitative estimate of drug-likeness (QED) is 0.464. The molecule has 1 fully saturated rings. The second-order valence-electron chi connectivity index (χ2n) is 7.27. The standard InChI is InChI=1S/C24H22N4O4/c1-16-7-5-8-17(13-16)27-12-6-9-18(27)14-20-23(30)28(24(31)26-20)15-22(29)25-19-10-3-4-11-21(19)32-2/h3-14H,15H2,1-2H3,(H,25,29)(H,26,31)/b20-14+. The van der Waals surface area contributed by atoms with Gasteiger partial charge in [0.1, 0.15) is 18.0 Å². The Morgan fingerprint density at radius 2 is 1.91 bits per heavy atom. The molecule has 0 saturated carbocycles. The zero-order valence-electron chi connectivity index (χ0n) is 17.7. The normalized spacial score (nSPS) is 14.6. The third kappa shape index (κ3) is 4.24. The van der Waals surface area contributed by atoms with Gasteiger partial charge in [0.15, 0.2) is 0 Å². The number of nitrogens with zero attached hydrogens (tertiary/aromatic N) is 2. The van der Waals surface area contributed by atoms with Crippen LogP contribution in [-0.4, -0.2) is 41.0 Å². The number of para-hydroxylation sites is 2. The van der Waals surface area contributed by atoms with E-state index in [-0.39, 0.29) is 5.70 Å². The number of nitrogens with one attached hydrogen (secondary N) is 2. The fourth-order valence-electron chi connectivity index (χ4n) is 3.47. The molecule has 1 saturated heterocycles. The molecule has 4 rings (SSSR count). The minimum atomic E-state index is -0.648. The molecule has 1 aliphatic rings. The first-order chi connectivity index (χ1) is 15.5. The number of methoxy groups -OCH3 is 1. The van der Waals surface area contributed by atoms with E-state index >= 15 is 0 Å². The molecule has 2 aromatic carbocycles. The van der Waals surface area contributed by atoms with Crippen LogP contribution in [0.4, 0.5) is 10.5 Å². The average molecular weight is 430 g/mol. The number of urea groups is 1. The topological polar surface area (TPSA) is 92.7 Å². The summed E-state index contributed by atoms with van der Waals surface area (Å²) in [6, 6.07) is 17.9. The second kappa shape index (κ2) is 8.81. The van der Waals surface area contributed by atoms with Crippen molar-refractivity contribution in [3.05, 3.63) is 83.8 Å². The van der Waals surface area contributed by atoms with Crippen molar-refractivity contribution in [2.75, 3.05) is 19.0 Å². The number of aromatic nitrogens is 1. The molecule has 1 aliphatic heterocycles. The first kappa shape index (κ1) is 20.9. The van der Waals surface area contributed by atoms with E-state index in [0.29, 0.717) is 11.4 Å². The maximum absolute atomic E-state index is 12.8. The summed E-state index contributed by atoms with van der Waals surface area (Å²) in [6.07, 6.45) is 3.47. The number of hydrogen-bond donors (Lipinski definition) is 2. The van der Waals surface area contributed by atoms with Crippen molar-refractivity contribution in [2.45, 2.75) is 6.92 Å². The monoisotopic (exact) mass is 430 g/mol. The van der Waals surface area contributed by atoms with Gasteiger partial charge in [-0.05, 0) is 55.0 Å². The number of carbonyl (C=O) groups is 3. The second-order valence-corrected chi connectivity index (χ2v) is 7.27. The molecule has 8 heteroatoms.